The summed E-state index contributed by atoms with van der Waals surface area (Å²) in [5, 5.41) is 26.2. The highest BCUT2D eigenvalue weighted by atomic mass is 17.1. The number of hydrogen-bond acceptors (Lipinski definition) is 15. The molecule has 15 heteroatoms. The zero-order valence-electron chi connectivity index (χ0n) is 21.0. The van der Waals surface area contributed by atoms with Crippen LogP contribution in [-0.4, -0.2) is 76.9 Å². The fourth-order valence-corrected chi connectivity index (χ4v) is 2.77. The Balaban J connectivity index is 2.07. The van der Waals surface area contributed by atoms with Gasteiger partial charge in [0.05, 0.1) is 30.3 Å². The number of aliphatic hydroxyl groups excluding tert-OH is 1. The van der Waals surface area contributed by atoms with Gasteiger partial charge in [0.1, 0.15) is 17.4 Å². The quantitative estimate of drug-likeness (QED) is 0.0845. The minimum absolute atomic E-state index is 0.0102. The Kier molecular flexibility index (Phi) is 12.2. The van der Waals surface area contributed by atoms with E-state index < -0.39 is 48.2 Å². The fraction of sp³-hybridized carbons (Fsp3) is 0.333. The van der Waals surface area contributed by atoms with Gasteiger partial charge in [-0.2, -0.15) is 0 Å². The number of ether oxygens (including phenoxy) is 5. The van der Waals surface area contributed by atoms with Crippen molar-refractivity contribution in [3.05, 3.63) is 53.6 Å². The third kappa shape index (κ3) is 10.3. The van der Waals surface area contributed by atoms with Crippen LogP contribution in [-0.2, 0) is 23.9 Å². The minimum Gasteiger partial charge on any atom is -0.490 e. The summed E-state index contributed by atoms with van der Waals surface area (Å²) in [5.74, 6) is -3.79. The number of aliphatic hydroxyl groups is 1. The molecule has 0 aliphatic carbocycles. The van der Waals surface area contributed by atoms with Crippen molar-refractivity contribution in [3.8, 4) is 17.2 Å². The standard InChI is InChI=1S/C24H28N2O13/c1-14(27)21(25)24(31)39-20-12-16(8-9-19(20)34-10-5-11-37-26(32)33)22(29)35-13-36-23(30)17-6-3-4-7-18(17)38-15(2)28/h3-4,6-9,12,14,21,27,32-33H,5,10-11,13,25H2,1-2H3. The van der Waals surface area contributed by atoms with Gasteiger partial charge in [0, 0.05) is 13.3 Å². The zero-order valence-corrected chi connectivity index (χ0v) is 21.0. The number of carbonyl (C=O) groups is 4. The van der Waals surface area contributed by atoms with E-state index in [1.165, 1.54) is 44.2 Å². The predicted molar refractivity (Wildman–Crippen MR) is 127 cm³/mol. The lowest BCUT2D eigenvalue weighted by atomic mass is 10.2. The topological polar surface area (TPSA) is 214 Å². The molecule has 0 aliphatic rings. The molecule has 2 rings (SSSR count). The van der Waals surface area contributed by atoms with Crippen molar-refractivity contribution >= 4 is 23.9 Å². The van der Waals surface area contributed by atoms with E-state index in [1.807, 2.05) is 0 Å². The van der Waals surface area contributed by atoms with Crippen LogP contribution in [0.25, 0.3) is 0 Å². The normalized spacial score (nSPS) is 12.3. The number of carbonyl (C=O) groups excluding carboxylic acids is 4. The highest BCUT2D eigenvalue weighted by Gasteiger charge is 2.24. The van der Waals surface area contributed by atoms with Gasteiger partial charge in [-0.3, -0.25) is 20.0 Å². The Labute approximate surface area is 222 Å². The second kappa shape index (κ2) is 15.3. The second-order valence-corrected chi connectivity index (χ2v) is 7.71. The monoisotopic (exact) mass is 552 g/mol. The number of rotatable bonds is 14. The molecule has 0 aromatic heterocycles. The van der Waals surface area contributed by atoms with Crippen LogP contribution in [0.1, 0.15) is 41.0 Å². The van der Waals surface area contributed by atoms with E-state index in [4.69, 9.17) is 39.8 Å². The van der Waals surface area contributed by atoms with Gasteiger partial charge >= 0.3 is 23.9 Å². The molecule has 0 saturated carbocycles. The molecule has 5 N–H and O–H groups in total. The van der Waals surface area contributed by atoms with E-state index in [1.54, 1.807) is 6.07 Å². The van der Waals surface area contributed by atoms with E-state index in [2.05, 4.69) is 4.84 Å². The molecule has 212 valence electrons. The van der Waals surface area contributed by atoms with Crippen molar-refractivity contribution in [3.63, 3.8) is 0 Å². The number of benzene rings is 2. The van der Waals surface area contributed by atoms with Crippen molar-refractivity contribution < 1.29 is 63.2 Å². The Morgan fingerprint density at radius 3 is 2.28 bits per heavy atom. The number of para-hydroxylation sites is 1. The van der Waals surface area contributed by atoms with Crippen LogP contribution >= 0.6 is 0 Å². The molecule has 0 bridgehead atoms. The molecule has 39 heavy (non-hydrogen) atoms. The van der Waals surface area contributed by atoms with Gasteiger partial charge in [0.2, 0.25) is 6.79 Å². The Morgan fingerprint density at radius 2 is 1.62 bits per heavy atom. The molecule has 2 unspecified atom stereocenters. The molecule has 0 saturated heterocycles. The second-order valence-electron chi connectivity index (χ2n) is 7.71. The third-order valence-electron chi connectivity index (χ3n) is 4.68. The van der Waals surface area contributed by atoms with Gasteiger partial charge in [-0.25, -0.2) is 14.4 Å². The molecule has 15 nitrogen and oxygen atoms in total. The first-order valence-electron chi connectivity index (χ1n) is 11.3. The molecule has 0 fully saturated rings. The minimum atomic E-state index is -1.39. The van der Waals surface area contributed by atoms with E-state index in [9.17, 15) is 24.3 Å². The van der Waals surface area contributed by atoms with Crippen LogP contribution in [0.2, 0.25) is 0 Å². The molecular weight excluding hydrogens is 524 g/mol. The van der Waals surface area contributed by atoms with Crippen molar-refractivity contribution in [1.82, 2.24) is 5.39 Å². The van der Waals surface area contributed by atoms with Gasteiger partial charge in [-0.15, -0.1) is 0 Å². The summed E-state index contributed by atoms with van der Waals surface area (Å²) in [5.41, 5.74) is 5.42. The lowest BCUT2D eigenvalue weighted by molar-refractivity contribution is -0.492. The van der Waals surface area contributed by atoms with Crippen molar-refractivity contribution in [2.45, 2.75) is 32.4 Å². The van der Waals surface area contributed by atoms with Crippen molar-refractivity contribution in [2.75, 3.05) is 20.0 Å². The Morgan fingerprint density at radius 1 is 0.923 bits per heavy atom. The summed E-state index contributed by atoms with van der Waals surface area (Å²) < 4.78 is 25.5. The summed E-state index contributed by atoms with van der Waals surface area (Å²) in [6.07, 6.45) is -1.04. The molecule has 2 aromatic rings. The summed E-state index contributed by atoms with van der Waals surface area (Å²) in [6.45, 7) is 1.52. The van der Waals surface area contributed by atoms with E-state index >= 15 is 0 Å². The van der Waals surface area contributed by atoms with Gasteiger partial charge in [0.25, 0.3) is 0 Å². The fourth-order valence-electron chi connectivity index (χ4n) is 2.77. The van der Waals surface area contributed by atoms with E-state index in [0.717, 1.165) is 6.07 Å². The van der Waals surface area contributed by atoms with Gasteiger partial charge in [0.15, 0.2) is 11.5 Å². The third-order valence-corrected chi connectivity index (χ3v) is 4.68. The highest BCUT2D eigenvalue weighted by molar-refractivity contribution is 5.94. The molecule has 0 amide bonds. The van der Waals surface area contributed by atoms with Crippen LogP contribution in [0, 0.1) is 0 Å². The highest BCUT2D eigenvalue weighted by Crippen LogP contribution is 2.29. The Bertz CT molecular complexity index is 1150. The van der Waals surface area contributed by atoms with Crippen LogP contribution in [0.15, 0.2) is 42.5 Å². The molecule has 0 radical (unpaired) electrons. The van der Waals surface area contributed by atoms with Crippen LogP contribution in [0.3, 0.4) is 0 Å². The molecule has 2 aromatic carbocycles. The largest absolute Gasteiger partial charge is 0.490 e. The van der Waals surface area contributed by atoms with E-state index in [0.29, 0.717) is 0 Å². The average molecular weight is 552 g/mol. The van der Waals surface area contributed by atoms with Crippen LogP contribution < -0.4 is 19.9 Å². The lowest BCUT2D eigenvalue weighted by Crippen LogP contribution is -2.42. The summed E-state index contributed by atoms with van der Waals surface area (Å²) >= 11 is 0. The first kappa shape index (κ1) is 31.1. The van der Waals surface area contributed by atoms with Gasteiger partial charge < -0.3 is 34.5 Å². The summed E-state index contributed by atoms with van der Waals surface area (Å²) in [4.78, 5) is 52.8. The number of esters is 4. The molecule has 0 aliphatic heterocycles. The maximum Gasteiger partial charge on any atom is 0.344 e. The molecule has 0 heterocycles. The van der Waals surface area contributed by atoms with Gasteiger partial charge in [-0.1, -0.05) is 12.1 Å². The number of nitrogens with two attached hydrogens (primary N) is 1. The van der Waals surface area contributed by atoms with Crippen molar-refractivity contribution in [1.29, 1.82) is 0 Å². The smallest absolute Gasteiger partial charge is 0.344 e. The van der Waals surface area contributed by atoms with Crippen LogP contribution in [0.5, 0.6) is 17.2 Å². The zero-order chi connectivity index (χ0) is 28.9. The summed E-state index contributed by atoms with van der Waals surface area (Å²) in [6, 6.07) is 8.11. The predicted octanol–water partition coefficient (Wildman–Crippen LogP) is 0.978. The summed E-state index contributed by atoms with van der Waals surface area (Å²) in [7, 11) is 0. The van der Waals surface area contributed by atoms with Crippen LogP contribution in [0.4, 0.5) is 0 Å². The van der Waals surface area contributed by atoms with Crippen molar-refractivity contribution in [2.24, 2.45) is 5.73 Å². The number of hydrogen-bond donors (Lipinski definition) is 4. The maximum atomic E-state index is 12.5. The maximum absolute atomic E-state index is 12.5. The Hall–Kier alpha value is -4.12. The first-order chi connectivity index (χ1) is 18.5. The first-order valence-corrected chi connectivity index (χ1v) is 11.3. The molecule has 0 spiro atoms. The number of nitrogens with zero attached hydrogens (tertiary/aromatic N) is 1. The molecular formula is C24H28N2O13. The lowest BCUT2D eigenvalue weighted by Gasteiger charge is -2.17. The SMILES string of the molecule is CC(=O)Oc1ccccc1C(=O)OCOC(=O)c1ccc(OCCCON(O)O)c(OC(=O)C(N)C(C)O)c1. The van der Waals surface area contributed by atoms with E-state index in [-0.39, 0.29) is 48.0 Å². The van der Waals surface area contributed by atoms with Gasteiger partial charge in [-0.05, 0) is 37.3 Å². The molecule has 2 atom stereocenters. The average Bonchev–Trinajstić information content (AvgIpc) is 2.88.